The van der Waals surface area contributed by atoms with Crippen LogP contribution >= 0.6 is 0 Å². The summed E-state index contributed by atoms with van der Waals surface area (Å²) < 4.78 is 0. The van der Waals surface area contributed by atoms with E-state index in [9.17, 15) is 9.59 Å². The van der Waals surface area contributed by atoms with Crippen LogP contribution in [-0.4, -0.2) is 79.0 Å². The monoisotopic (exact) mass is 379 g/mol. The van der Waals surface area contributed by atoms with Gasteiger partial charge >= 0.3 is 0 Å². The molecule has 154 valence electrons. The maximum absolute atomic E-state index is 12.6. The lowest BCUT2D eigenvalue weighted by Gasteiger charge is -2.18. The first-order chi connectivity index (χ1) is 12.9. The molecule has 0 aliphatic heterocycles. The van der Waals surface area contributed by atoms with Crippen LogP contribution in [0.3, 0.4) is 0 Å². The first kappa shape index (κ1) is 23.2. The van der Waals surface area contributed by atoms with Crippen LogP contribution in [0.4, 0.5) is 0 Å². The number of rotatable bonds is 12. The standard InChI is InChI=1S/C20H37N5O2/c1-7-24(8-2)13-11-21-19(26)17-15(5)18(23-16(17)6)20(27)22-12-14-25(9-3)10-4/h23H,7-14H2,1-6H3,(H,21,26)(H,22,27). The van der Waals surface area contributed by atoms with E-state index in [2.05, 4.69) is 53.1 Å². The van der Waals surface area contributed by atoms with E-state index < -0.39 is 0 Å². The van der Waals surface area contributed by atoms with Gasteiger partial charge in [0.15, 0.2) is 0 Å². The lowest BCUT2D eigenvalue weighted by Crippen LogP contribution is -2.35. The predicted octanol–water partition coefficient (Wildman–Crippen LogP) is 1.77. The fraction of sp³-hybridized carbons (Fsp3) is 0.700. The molecule has 7 nitrogen and oxygen atoms in total. The van der Waals surface area contributed by atoms with Gasteiger partial charge in [-0.15, -0.1) is 0 Å². The number of aryl methyl sites for hydroxylation is 1. The Bertz CT molecular complexity index is 604. The molecule has 1 aromatic rings. The summed E-state index contributed by atoms with van der Waals surface area (Å²) in [5, 5.41) is 5.91. The van der Waals surface area contributed by atoms with Gasteiger partial charge in [-0.05, 0) is 45.6 Å². The highest BCUT2D eigenvalue weighted by molar-refractivity contribution is 6.02. The minimum atomic E-state index is -0.162. The van der Waals surface area contributed by atoms with Crippen LogP contribution < -0.4 is 10.6 Å². The Morgan fingerprint density at radius 1 is 0.815 bits per heavy atom. The number of likely N-dealkylation sites (N-methyl/N-ethyl adjacent to an activating group) is 2. The van der Waals surface area contributed by atoms with Gasteiger partial charge in [-0.25, -0.2) is 0 Å². The minimum absolute atomic E-state index is 0.129. The van der Waals surface area contributed by atoms with Crippen molar-refractivity contribution in [3.63, 3.8) is 0 Å². The topological polar surface area (TPSA) is 80.5 Å². The van der Waals surface area contributed by atoms with E-state index in [0.29, 0.717) is 29.9 Å². The number of carbonyl (C=O) groups is 2. The molecule has 0 unspecified atom stereocenters. The smallest absolute Gasteiger partial charge is 0.268 e. The van der Waals surface area contributed by atoms with Crippen molar-refractivity contribution in [2.45, 2.75) is 41.5 Å². The van der Waals surface area contributed by atoms with Gasteiger partial charge in [0.1, 0.15) is 5.69 Å². The SMILES string of the molecule is CCN(CC)CCNC(=O)c1[nH]c(C)c(C(=O)NCCN(CC)CC)c1C. The Hall–Kier alpha value is -1.86. The zero-order valence-corrected chi connectivity index (χ0v) is 17.9. The molecule has 0 atom stereocenters. The molecule has 0 saturated heterocycles. The molecule has 0 aliphatic carbocycles. The van der Waals surface area contributed by atoms with Crippen molar-refractivity contribution in [2.75, 3.05) is 52.4 Å². The highest BCUT2D eigenvalue weighted by Crippen LogP contribution is 2.17. The van der Waals surface area contributed by atoms with Crippen molar-refractivity contribution in [1.82, 2.24) is 25.4 Å². The summed E-state index contributed by atoms with van der Waals surface area (Å²) in [6.45, 7) is 18.8. The zero-order chi connectivity index (χ0) is 20.4. The molecule has 1 aromatic heterocycles. The molecular formula is C20H37N5O2. The minimum Gasteiger partial charge on any atom is -0.354 e. The summed E-state index contributed by atoms with van der Waals surface area (Å²) in [6, 6.07) is 0. The van der Waals surface area contributed by atoms with E-state index in [1.165, 1.54) is 0 Å². The molecule has 0 radical (unpaired) electrons. The van der Waals surface area contributed by atoms with E-state index in [1.54, 1.807) is 0 Å². The van der Waals surface area contributed by atoms with Gasteiger partial charge in [0, 0.05) is 31.9 Å². The van der Waals surface area contributed by atoms with Crippen LogP contribution in [0.5, 0.6) is 0 Å². The molecule has 0 fully saturated rings. The number of hydrogen-bond donors (Lipinski definition) is 3. The molecule has 2 amide bonds. The molecule has 0 aliphatic rings. The predicted molar refractivity (Wildman–Crippen MR) is 111 cm³/mol. The van der Waals surface area contributed by atoms with Gasteiger partial charge in [-0.2, -0.15) is 0 Å². The fourth-order valence-corrected chi connectivity index (χ4v) is 3.23. The van der Waals surface area contributed by atoms with Crippen molar-refractivity contribution in [2.24, 2.45) is 0 Å². The number of aromatic amines is 1. The number of amides is 2. The van der Waals surface area contributed by atoms with Gasteiger partial charge in [-0.1, -0.05) is 27.7 Å². The lowest BCUT2D eigenvalue weighted by molar-refractivity contribution is 0.0941. The largest absolute Gasteiger partial charge is 0.354 e. The van der Waals surface area contributed by atoms with Crippen molar-refractivity contribution >= 4 is 11.8 Å². The van der Waals surface area contributed by atoms with Crippen LogP contribution in [0.2, 0.25) is 0 Å². The highest BCUT2D eigenvalue weighted by Gasteiger charge is 2.21. The van der Waals surface area contributed by atoms with Crippen LogP contribution in [0, 0.1) is 13.8 Å². The van der Waals surface area contributed by atoms with Crippen LogP contribution in [-0.2, 0) is 0 Å². The molecule has 0 saturated carbocycles. The van der Waals surface area contributed by atoms with Crippen LogP contribution in [0.1, 0.15) is 59.8 Å². The summed E-state index contributed by atoms with van der Waals surface area (Å²) in [6.07, 6.45) is 0. The second-order valence-corrected chi connectivity index (χ2v) is 6.69. The van der Waals surface area contributed by atoms with E-state index in [-0.39, 0.29) is 11.8 Å². The number of nitrogens with one attached hydrogen (secondary N) is 3. The fourth-order valence-electron chi connectivity index (χ4n) is 3.23. The third-order valence-corrected chi connectivity index (χ3v) is 5.11. The molecule has 1 heterocycles. The quantitative estimate of drug-likeness (QED) is 0.517. The molecule has 3 N–H and O–H groups in total. The number of nitrogens with zero attached hydrogens (tertiary/aromatic N) is 2. The van der Waals surface area contributed by atoms with Gasteiger partial charge in [0.2, 0.25) is 0 Å². The van der Waals surface area contributed by atoms with E-state index in [4.69, 9.17) is 0 Å². The third kappa shape index (κ3) is 6.66. The van der Waals surface area contributed by atoms with Crippen LogP contribution in [0.25, 0.3) is 0 Å². The normalized spacial score (nSPS) is 11.3. The van der Waals surface area contributed by atoms with Gasteiger partial charge in [0.05, 0.1) is 5.56 Å². The van der Waals surface area contributed by atoms with Crippen molar-refractivity contribution in [1.29, 1.82) is 0 Å². The first-order valence-corrected chi connectivity index (χ1v) is 10.1. The van der Waals surface area contributed by atoms with Gasteiger partial charge in [0.25, 0.3) is 11.8 Å². The molecule has 1 rings (SSSR count). The number of hydrogen-bond acceptors (Lipinski definition) is 4. The van der Waals surface area contributed by atoms with Crippen molar-refractivity contribution < 1.29 is 9.59 Å². The van der Waals surface area contributed by atoms with E-state index >= 15 is 0 Å². The number of carbonyl (C=O) groups excluding carboxylic acids is 2. The molecule has 0 bridgehead atoms. The first-order valence-electron chi connectivity index (χ1n) is 10.1. The zero-order valence-electron chi connectivity index (χ0n) is 17.9. The Morgan fingerprint density at radius 2 is 1.26 bits per heavy atom. The Labute approximate surface area is 163 Å². The van der Waals surface area contributed by atoms with Gasteiger partial charge < -0.3 is 25.4 Å². The maximum Gasteiger partial charge on any atom is 0.268 e. The van der Waals surface area contributed by atoms with E-state index in [1.807, 2.05) is 13.8 Å². The number of aromatic nitrogens is 1. The Morgan fingerprint density at radius 3 is 1.70 bits per heavy atom. The van der Waals surface area contributed by atoms with E-state index in [0.717, 1.165) is 45.0 Å². The molecule has 0 aromatic carbocycles. The lowest BCUT2D eigenvalue weighted by atomic mass is 10.1. The average molecular weight is 380 g/mol. The maximum atomic E-state index is 12.6. The summed E-state index contributed by atoms with van der Waals surface area (Å²) in [4.78, 5) is 32.7. The van der Waals surface area contributed by atoms with Crippen molar-refractivity contribution in [3.05, 3.63) is 22.5 Å². The second-order valence-electron chi connectivity index (χ2n) is 6.69. The molecule has 7 heteroatoms. The molecule has 0 spiro atoms. The number of H-pyrrole nitrogens is 1. The summed E-state index contributed by atoms with van der Waals surface area (Å²) in [5.41, 5.74) is 2.47. The third-order valence-electron chi connectivity index (χ3n) is 5.11. The Balaban J connectivity index is 2.67. The summed E-state index contributed by atoms with van der Waals surface area (Å²) in [5.74, 6) is -0.291. The van der Waals surface area contributed by atoms with Gasteiger partial charge in [-0.3, -0.25) is 9.59 Å². The van der Waals surface area contributed by atoms with Crippen LogP contribution in [0.15, 0.2) is 0 Å². The Kier molecular flexibility index (Phi) is 10.1. The molecular weight excluding hydrogens is 342 g/mol. The van der Waals surface area contributed by atoms with Crippen molar-refractivity contribution in [3.8, 4) is 0 Å². The highest BCUT2D eigenvalue weighted by atomic mass is 16.2. The molecule has 27 heavy (non-hydrogen) atoms. The second kappa shape index (κ2) is 11.8. The average Bonchev–Trinajstić information content (AvgIpc) is 2.96. The summed E-state index contributed by atoms with van der Waals surface area (Å²) >= 11 is 0. The summed E-state index contributed by atoms with van der Waals surface area (Å²) in [7, 11) is 0.